The van der Waals surface area contributed by atoms with Gasteiger partial charge in [0.1, 0.15) is 0 Å². The molecule has 2 aromatic carbocycles. The SMILES string of the molecule is C/C(=C\B1OC(C)(C)C(C)(C)O1)C1(O[SiH](c2ccccc2)c2ccccc2)CCCCC1. The Hall–Kier alpha value is -1.66. The second kappa shape index (κ2) is 9.30. The summed E-state index contributed by atoms with van der Waals surface area (Å²) in [7, 11) is -2.21. The molecule has 0 aromatic heterocycles. The first-order chi connectivity index (χ1) is 15.2. The molecule has 5 heteroatoms. The Labute approximate surface area is 196 Å². The smallest absolute Gasteiger partial charge is 0.402 e. The van der Waals surface area contributed by atoms with Crippen molar-refractivity contribution in [1.82, 2.24) is 0 Å². The van der Waals surface area contributed by atoms with Gasteiger partial charge in [-0.15, -0.1) is 0 Å². The highest BCUT2D eigenvalue weighted by atomic mass is 28.3. The highest BCUT2D eigenvalue weighted by molar-refractivity contribution is 6.80. The molecule has 0 spiro atoms. The summed E-state index contributed by atoms with van der Waals surface area (Å²) >= 11 is 0. The van der Waals surface area contributed by atoms with Crippen LogP contribution in [-0.2, 0) is 13.7 Å². The lowest BCUT2D eigenvalue weighted by atomic mass is 9.75. The third-order valence-corrected chi connectivity index (χ3v) is 10.3. The van der Waals surface area contributed by atoms with Crippen LogP contribution in [0.1, 0.15) is 66.7 Å². The fourth-order valence-electron chi connectivity index (χ4n) is 4.85. The maximum Gasteiger partial charge on any atom is 0.487 e. The van der Waals surface area contributed by atoms with Gasteiger partial charge in [0.25, 0.3) is 0 Å². The van der Waals surface area contributed by atoms with Gasteiger partial charge in [-0.05, 0) is 57.8 Å². The first kappa shape index (κ1) is 23.5. The zero-order valence-corrected chi connectivity index (χ0v) is 21.4. The van der Waals surface area contributed by atoms with Gasteiger partial charge in [0.15, 0.2) is 0 Å². The third-order valence-electron chi connectivity index (χ3n) is 7.59. The van der Waals surface area contributed by atoms with Crippen LogP contribution in [0.25, 0.3) is 0 Å². The fourth-order valence-corrected chi connectivity index (χ4v) is 7.52. The van der Waals surface area contributed by atoms with Crippen LogP contribution in [0, 0.1) is 0 Å². The lowest BCUT2D eigenvalue weighted by Crippen LogP contribution is -2.53. The van der Waals surface area contributed by atoms with E-state index in [0.717, 1.165) is 12.8 Å². The summed E-state index contributed by atoms with van der Waals surface area (Å²) in [4.78, 5) is 0. The van der Waals surface area contributed by atoms with Gasteiger partial charge in [-0.1, -0.05) is 91.5 Å². The molecule has 2 aliphatic rings. The fraction of sp³-hybridized carbons (Fsp3) is 0.481. The minimum absolute atomic E-state index is 0.260. The van der Waals surface area contributed by atoms with Crippen LogP contribution < -0.4 is 10.4 Å². The molecule has 0 unspecified atom stereocenters. The molecule has 2 aromatic rings. The molecule has 170 valence electrons. The number of hydrogen-bond donors (Lipinski definition) is 0. The number of rotatable bonds is 6. The number of hydrogen-bond acceptors (Lipinski definition) is 3. The van der Waals surface area contributed by atoms with Crippen LogP contribution in [0.2, 0.25) is 0 Å². The lowest BCUT2D eigenvalue weighted by Gasteiger charge is -2.42. The normalized spacial score (nSPS) is 22.3. The predicted molar refractivity (Wildman–Crippen MR) is 136 cm³/mol. The average molecular weight is 448 g/mol. The molecule has 32 heavy (non-hydrogen) atoms. The van der Waals surface area contributed by atoms with E-state index >= 15 is 0 Å². The molecule has 1 aliphatic heterocycles. The molecule has 0 amide bonds. The van der Waals surface area contributed by atoms with Crippen molar-refractivity contribution in [2.45, 2.75) is 83.5 Å². The van der Waals surface area contributed by atoms with Crippen molar-refractivity contribution >= 4 is 26.5 Å². The molecule has 0 bridgehead atoms. The van der Waals surface area contributed by atoms with Gasteiger partial charge in [0, 0.05) is 0 Å². The summed E-state index contributed by atoms with van der Waals surface area (Å²) in [6.45, 7) is 10.7. The molecule has 0 radical (unpaired) electrons. The third kappa shape index (κ3) is 4.81. The van der Waals surface area contributed by atoms with Crippen molar-refractivity contribution in [3.63, 3.8) is 0 Å². The molecule has 1 heterocycles. The van der Waals surface area contributed by atoms with Crippen molar-refractivity contribution in [2.24, 2.45) is 0 Å². The van der Waals surface area contributed by atoms with Crippen LogP contribution >= 0.6 is 0 Å². The summed E-state index contributed by atoms with van der Waals surface area (Å²) < 4.78 is 19.9. The first-order valence-corrected chi connectivity index (χ1v) is 13.7. The Bertz CT molecular complexity index is 865. The molecular weight excluding hydrogens is 411 g/mol. The zero-order valence-electron chi connectivity index (χ0n) is 20.3. The maximum absolute atomic E-state index is 7.29. The molecule has 1 saturated carbocycles. The minimum atomic E-state index is -1.87. The standard InChI is InChI=1S/C27H37BO3Si/c1-22(21-28-29-25(2,3)26(4,5)30-28)27(19-13-8-14-20-27)31-32(23-15-9-6-10-16-23)24-17-11-7-12-18-24/h6-7,9-12,15-18,21,32H,8,13-14,19-20H2,1-5H3/b22-21+. The Morgan fingerprint density at radius 1 is 0.812 bits per heavy atom. The summed E-state index contributed by atoms with van der Waals surface area (Å²) in [5, 5.41) is 2.65. The van der Waals surface area contributed by atoms with E-state index in [0.29, 0.717) is 0 Å². The maximum atomic E-state index is 7.29. The molecule has 3 nitrogen and oxygen atoms in total. The molecule has 0 N–H and O–H groups in total. The molecule has 2 fully saturated rings. The van der Waals surface area contributed by atoms with E-state index in [1.54, 1.807) is 0 Å². The van der Waals surface area contributed by atoms with E-state index in [1.807, 2.05) is 0 Å². The van der Waals surface area contributed by atoms with E-state index < -0.39 is 9.04 Å². The highest BCUT2D eigenvalue weighted by Gasteiger charge is 2.51. The average Bonchev–Trinajstić information content (AvgIpc) is 2.99. The topological polar surface area (TPSA) is 27.7 Å². The lowest BCUT2D eigenvalue weighted by molar-refractivity contribution is 0.00578. The van der Waals surface area contributed by atoms with Crippen LogP contribution in [-0.4, -0.2) is 33.0 Å². The van der Waals surface area contributed by atoms with Gasteiger partial charge < -0.3 is 13.7 Å². The Morgan fingerprint density at radius 2 is 1.28 bits per heavy atom. The van der Waals surface area contributed by atoms with Crippen molar-refractivity contribution in [2.75, 3.05) is 0 Å². The second-order valence-electron chi connectivity index (χ2n) is 10.3. The van der Waals surface area contributed by atoms with Gasteiger partial charge in [0.05, 0.1) is 16.8 Å². The van der Waals surface area contributed by atoms with Crippen molar-refractivity contribution in [3.8, 4) is 0 Å². The monoisotopic (exact) mass is 448 g/mol. The van der Waals surface area contributed by atoms with E-state index in [2.05, 4.69) is 101 Å². The highest BCUT2D eigenvalue weighted by Crippen LogP contribution is 2.41. The Morgan fingerprint density at radius 3 is 1.75 bits per heavy atom. The van der Waals surface area contributed by atoms with Crippen molar-refractivity contribution in [1.29, 1.82) is 0 Å². The summed E-state index contributed by atoms with van der Waals surface area (Å²) in [5.41, 5.74) is 0.325. The largest absolute Gasteiger partial charge is 0.487 e. The molecule has 0 atom stereocenters. The first-order valence-electron chi connectivity index (χ1n) is 12.0. The molecular formula is C27H37BO3Si. The van der Waals surface area contributed by atoms with Crippen LogP contribution in [0.5, 0.6) is 0 Å². The zero-order chi connectivity index (χ0) is 22.8. The van der Waals surface area contributed by atoms with Crippen molar-refractivity contribution in [3.05, 3.63) is 72.2 Å². The van der Waals surface area contributed by atoms with Crippen molar-refractivity contribution < 1.29 is 13.7 Å². The van der Waals surface area contributed by atoms with Gasteiger partial charge in [0.2, 0.25) is 9.04 Å². The van der Waals surface area contributed by atoms with Gasteiger partial charge in [-0.25, -0.2) is 0 Å². The Kier molecular flexibility index (Phi) is 6.83. The second-order valence-corrected chi connectivity index (χ2v) is 12.7. The van der Waals surface area contributed by atoms with E-state index in [1.165, 1.54) is 35.2 Å². The summed E-state index contributed by atoms with van der Waals surface area (Å²) in [6, 6.07) is 21.6. The number of benzene rings is 2. The predicted octanol–water partition coefficient (Wildman–Crippen LogP) is 4.82. The van der Waals surface area contributed by atoms with Crippen LogP contribution in [0.4, 0.5) is 0 Å². The van der Waals surface area contributed by atoms with E-state index in [-0.39, 0.29) is 23.9 Å². The van der Waals surface area contributed by atoms with E-state index in [4.69, 9.17) is 13.7 Å². The van der Waals surface area contributed by atoms with Crippen LogP contribution in [0.3, 0.4) is 0 Å². The van der Waals surface area contributed by atoms with E-state index in [9.17, 15) is 0 Å². The summed E-state index contributed by atoms with van der Waals surface area (Å²) in [6.07, 6.45) is 5.77. The molecule has 1 saturated heterocycles. The van der Waals surface area contributed by atoms with Crippen LogP contribution in [0.15, 0.2) is 72.2 Å². The molecule has 1 aliphatic carbocycles. The van der Waals surface area contributed by atoms with Gasteiger partial charge in [-0.2, -0.15) is 0 Å². The Balaban J connectivity index is 1.68. The minimum Gasteiger partial charge on any atom is -0.402 e. The van der Waals surface area contributed by atoms with Gasteiger partial charge in [-0.3, -0.25) is 0 Å². The quantitative estimate of drug-likeness (QED) is 0.593. The van der Waals surface area contributed by atoms with Gasteiger partial charge >= 0.3 is 7.12 Å². The summed E-state index contributed by atoms with van der Waals surface area (Å²) in [5.74, 6) is 2.18. The molecule has 4 rings (SSSR count).